The van der Waals surface area contributed by atoms with E-state index < -0.39 is 0 Å². The fourth-order valence-corrected chi connectivity index (χ4v) is 2.10. The molecule has 1 saturated carbocycles. The van der Waals surface area contributed by atoms with Crippen LogP contribution in [0.25, 0.3) is 0 Å². The van der Waals surface area contributed by atoms with Gasteiger partial charge in [0.15, 0.2) is 0 Å². The van der Waals surface area contributed by atoms with Gasteiger partial charge in [-0.3, -0.25) is 4.90 Å². The van der Waals surface area contributed by atoms with E-state index >= 15 is 0 Å². The first-order valence-corrected chi connectivity index (χ1v) is 5.77. The van der Waals surface area contributed by atoms with Gasteiger partial charge >= 0.3 is 0 Å². The molecule has 2 fully saturated rings. The topological polar surface area (TPSA) is 15.3 Å². The molecule has 2 aliphatic rings. The molecule has 2 nitrogen and oxygen atoms in total. The van der Waals surface area contributed by atoms with E-state index in [1.165, 1.54) is 45.3 Å². The van der Waals surface area contributed by atoms with Crippen LogP contribution in [0.2, 0.25) is 0 Å². The van der Waals surface area contributed by atoms with E-state index in [9.17, 15) is 0 Å². The molecule has 0 spiro atoms. The van der Waals surface area contributed by atoms with Crippen molar-refractivity contribution in [2.24, 2.45) is 5.92 Å². The van der Waals surface area contributed by atoms with Crippen molar-refractivity contribution in [1.82, 2.24) is 10.2 Å². The monoisotopic (exact) mass is 192 g/mol. The second kappa shape index (κ2) is 4.82. The number of rotatable bonds is 4. The lowest BCUT2D eigenvalue weighted by Gasteiger charge is -2.30. The number of nitrogens with zero attached hydrogens (tertiary/aromatic N) is 1. The Morgan fingerprint density at radius 3 is 2.50 bits per heavy atom. The normalized spacial score (nSPS) is 24.8. The molecule has 14 heavy (non-hydrogen) atoms. The Kier molecular flexibility index (Phi) is 3.44. The number of terminal acetylenes is 1. The average Bonchev–Trinajstić information content (AvgIpc) is 3.01. The van der Waals surface area contributed by atoms with Crippen LogP contribution in [0.5, 0.6) is 0 Å². The Balaban J connectivity index is 1.60. The second-order valence-corrected chi connectivity index (χ2v) is 4.61. The van der Waals surface area contributed by atoms with Crippen LogP contribution < -0.4 is 5.32 Å². The summed E-state index contributed by atoms with van der Waals surface area (Å²) >= 11 is 0. The van der Waals surface area contributed by atoms with E-state index in [4.69, 9.17) is 6.42 Å². The minimum Gasteiger partial charge on any atom is -0.314 e. The summed E-state index contributed by atoms with van der Waals surface area (Å²) in [5, 5.41) is 3.61. The van der Waals surface area contributed by atoms with Gasteiger partial charge in [0.2, 0.25) is 0 Å². The zero-order chi connectivity index (χ0) is 9.80. The fourth-order valence-electron chi connectivity index (χ4n) is 2.10. The van der Waals surface area contributed by atoms with Gasteiger partial charge in [0, 0.05) is 6.04 Å². The van der Waals surface area contributed by atoms with Gasteiger partial charge in [0.1, 0.15) is 0 Å². The molecule has 0 aromatic heterocycles. The zero-order valence-corrected chi connectivity index (χ0v) is 8.84. The van der Waals surface area contributed by atoms with E-state index in [0.29, 0.717) is 0 Å². The Morgan fingerprint density at radius 1 is 1.21 bits per heavy atom. The number of hydrogen-bond donors (Lipinski definition) is 1. The van der Waals surface area contributed by atoms with Crippen molar-refractivity contribution in [3.63, 3.8) is 0 Å². The fraction of sp³-hybridized carbons (Fsp3) is 0.833. The van der Waals surface area contributed by atoms with E-state index in [2.05, 4.69) is 16.1 Å². The van der Waals surface area contributed by atoms with Crippen molar-refractivity contribution in [3.05, 3.63) is 0 Å². The first kappa shape index (κ1) is 10.0. The predicted molar refractivity (Wildman–Crippen MR) is 59.0 cm³/mol. The minimum atomic E-state index is 0.836. The predicted octanol–water partition coefficient (Wildman–Crippen LogP) is 1.08. The molecular weight excluding hydrogens is 172 g/mol. The molecule has 1 aliphatic heterocycles. The molecule has 1 saturated heterocycles. The molecule has 1 aliphatic carbocycles. The molecule has 0 unspecified atom stereocenters. The number of likely N-dealkylation sites (tertiary alicyclic amines) is 1. The van der Waals surface area contributed by atoms with Crippen molar-refractivity contribution < 1.29 is 0 Å². The molecule has 0 atom stereocenters. The lowest BCUT2D eigenvalue weighted by Crippen LogP contribution is -2.37. The third-order valence-electron chi connectivity index (χ3n) is 3.29. The molecule has 78 valence electrons. The van der Waals surface area contributed by atoms with E-state index in [-0.39, 0.29) is 0 Å². The Hall–Kier alpha value is -0.520. The van der Waals surface area contributed by atoms with Gasteiger partial charge in [-0.2, -0.15) is 0 Å². The summed E-state index contributed by atoms with van der Waals surface area (Å²) < 4.78 is 0. The molecule has 0 aromatic rings. The number of hydrogen-bond acceptors (Lipinski definition) is 2. The second-order valence-electron chi connectivity index (χ2n) is 4.61. The summed E-state index contributed by atoms with van der Waals surface area (Å²) in [4.78, 5) is 2.38. The van der Waals surface area contributed by atoms with Crippen molar-refractivity contribution in [1.29, 1.82) is 0 Å². The first-order chi connectivity index (χ1) is 6.88. The number of nitrogens with one attached hydrogen (secondary N) is 1. The molecule has 0 radical (unpaired) electrons. The van der Waals surface area contributed by atoms with Gasteiger partial charge in [-0.25, -0.2) is 0 Å². The summed E-state index contributed by atoms with van der Waals surface area (Å²) in [7, 11) is 0. The van der Waals surface area contributed by atoms with E-state index in [1.54, 1.807) is 0 Å². The van der Waals surface area contributed by atoms with Crippen LogP contribution in [0.15, 0.2) is 0 Å². The summed E-state index contributed by atoms with van der Waals surface area (Å²) in [5.74, 6) is 3.62. The average molecular weight is 192 g/mol. The highest BCUT2D eigenvalue weighted by Crippen LogP contribution is 2.21. The van der Waals surface area contributed by atoms with Gasteiger partial charge in [0.25, 0.3) is 0 Å². The van der Waals surface area contributed by atoms with Crippen LogP contribution in [-0.4, -0.2) is 37.1 Å². The van der Waals surface area contributed by atoms with Gasteiger partial charge in [-0.1, -0.05) is 5.92 Å². The molecular formula is C12H20N2. The lowest BCUT2D eigenvalue weighted by atomic mass is 9.97. The molecule has 2 rings (SSSR count). The van der Waals surface area contributed by atoms with Crippen molar-refractivity contribution in [2.45, 2.75) is 31.7 Å². The molecule has 2 heteroatoms. The maximum atomic E-state index is 5.30. The van der Waals surface area contributed by atoms with Crippen LogP contribution in [0.4, 0.5) is 0 Å². The van der Waals surface area contributed by atoms with Crippen LogP contribution >= 0.6 is 0 Å². The molecule has 1 N–H and O–H groups in total. The standard InChI is InChI=1S/C12H20N2/c1-2-7-14-8-5-11(6-9-14)10-13-12-3-4-12/h1,11-13H,3-10H2. The molecule has 0 amide bonds. The van der Waals surface area contributed by atoms with Crippen LogP contribution in [0.3, 0.4) is 0 Å². The highest BCUT2D eigenvalue weighted by molar-refractivity contribution is 4.90. The highest BCUT2D eigenvalue weighted by Gasteiger charge is 2.23. The van der Waals surface area contributed by atoms with Crippen LogP contribution in [0.1, 0.15) is 25.7 Å². The molecule has 1 heterocycles. The van der Waals surface area contributed by atoms with Gasteiger partial charge < -0.3 is 5.32 Å². The Labute approximate surface area is 87.1 Å². The van der Waals surface area contributed by atoms with Gasteiger partial charge in [-0.15, -0.1) is 6.42 Å². The smallest absolute Gasteiger partial charge is 0.0598 e. The SMILES string of the molecule is C#CCN1CCC(CNC2CC2)CC1. The summed E-state index contributed by atoms with van der Waals surface area (Å²) in [6.45, 7) is 4.46. The highest BCUT2D eigenvalue weighted by atomic mass is 15.1. The third kappa shape index (κ3) is 3.01. The molecule has 0 aromatic carbocycles. The minimum absolute atomic E-state index is 0.836. The van der Waals surface area contributed by atoms with E-state index in [1.807, 2.05) is 0 Å². The van der Waals surface area contributed by atoms with E-state index in [0.717, 1.165) is 18.5 Å². The maximum absolute atomic E-state index is 5.30. The van der Waals surface area contributed by atoms with Crippen molar-refractivity contribution >= 4 is 0 Å². The van der Waals surface area contributed by atoms with Crippen molar-refractivity contribution in [3.8, 4) is 12.3 Å². The largest absolute Gasteiger partial charge is 0.314 e. The Morgan fingerprint density at radius 2 is 1.93 bits per heavy atom. The third-order valence-corrected chi connectivity index (χ3v) is 3.29. The Bertz CT molecular complexity index is 207. The maximum Gasteiger partial charge on any atom is 0.0598 e. The zero-order valence-electron chi connectivity index (χ0n) is 8.84. The van der Waals surface area contributed by atoms with Crippen LogP contribution in [-0.2, 0) is 0 Å². The first-order valence-electron chi connectivity index (χ1n) is 5.77. The lowest BCUT2D eigenvalue weighted by molar-refractivity contribution is 0.200. The van der Waals surface area contributed by atoms with Crippen LogP contribution in [0, 0.1) is 18.3 Å². The molecule has 0 bridgehead atoms. The quantitative estimate of drug-likeness (QED) is 0.671. The number of piperidine rings is 1. The summed E-state index contributed by atoms with van der Waals surface area (Å²) in [5.41, 5.74) is 0. The summed E-state index contributed by atoms with van der Waals surface area (Å²) in [6, 6.07) is 0.860. The van der Waals surface area contributed by atoms with Gasteiger partial charge in [0.05, 0.1) is 6.54 Å². The summed E-state index contributed by atoms with van der Waals surface area (Å²) in [6.07, 6.45) is 10.7. The van der Waals surface area contributed by atoms with Crippen molar-refractivity contribution in [2.75, 3.05) is 26.2 Å². The van der Waals surface area contributed by atoms with Gasteiger partial charge in [-0.05, 0) is 51.2 Å².